The van der Waals surface area contributed by atoms with Crippen LogP contribution in [0.5, 0.6) is 0 Å². The number of benzene rings is 2. The monoisotopic (exact) mass is 352 g/mol. The van der Waals surface area contributed by atoms with Gasteiger partial charge in [0, 0.05) is 40.3 Å². The molecule has 1 atom stereocenters. The highest BCUT2D eigenvalue weighted by Crippen LogP contribution is 2.40. The molecule has 25 heavy (non-hydrogen) atoms. The van der Waals surface area contributed by atoms with Gasteiger partial charge in [-0.2, -0.15) is 0 Å². The number of rotatable bonds is 6. The summed E-state index contributed by atoms with van der Waals surface area (Å²) in [5.41, 5.74) is 2.51. The molecule has 1 aliphatic rings. The lowest BCUT2D eigenvalue weighted by Gasteiger charge is -2.27. The predicted molar refractivity (Wildman–Crippen MR) is 108 cm³/mol. The summed E-state index contributed by atoms with van der Waals surface area (Å²) in [6.07, 6.45) is 3.57. The van der Waals surface area contributed by atoms with Crippen LogP contribution < -0.4 is 5.35 Å². The van der Waals surface area contributed by atoms with E-state index in [1.807, 2.05) is 11.8 Å². The number of nitrogens with one attached hydrogen (secondary N) is 1. The fourth-order valence-corrected chi connectivity index (χ4v) is 5.16. The molecule has 1 aliphatic heterocycles. The van der Waals surface area contributed by atoms with Crippen LogP contribution in [0.1, 0.15) is 26.7 Å². The quantitative estimate of drug-likeness (QED) is 0.400. The summed E-state index contributed by atoms with van der Waals surface area (Å²) in [6.45, 7) is 5.33. The number of hydrogen-bond acceptors (Lipinski definition) is 3. The number of fused-ring (bicyclic) bond motifs is 3. The molecule has 0 saturated heterocycles. The topological polar surface area (TPSA) is 38.0 Å². The van der Waals surface area contributed by atoms with Crippen LogP contribution in [0.15, 0.2) is 35.2 Å². The van der Waals surface area contributed by atoms with Crippen molar-refractivity contribution in [3.8, 4) is 0 Å². The lowest BCUT2D eigenvalue weighted by Crippen LogP contribution is -2.30. The molecule has 1 unspecified atom stereocenters. The van der Waals surface area contributed by atoms with Crippen molar-refractivity contribution in [2.24, 2.45) is 0 Å². The maximum absolute atomic E-state index is 7.93. The molecule has 0 aliphatic carbocycles. The Balaban J connectivity index is 2.05. The highest BCUT2D eigenvalue weighted by Gasteiger charge is 2.35. The van der Waals surface area contributed by atoms with Crippen molar-refractivity contribution in [1.82, 2.24) is 4.57 Å². The van der Waals surface area contributed by atoms with Crippen LogP contribution in [0.25, 0.3) is 27.2 Å². The van der Waals surface area contributed by atoms with Gasteiger partial charge in [0.2, 0.25) is 0 Å². The Kier molecular flexibility index (Phi) is 4.13. The Morgan fingerprint density at radius 2 is 2.08 bits per heavy atom. The van der Waals surface area contributed by atoms with Crippen molar-refractivity contribution in [1.29, 1.82) is 5.41 Å². The van der Waals surface area contributed by atoms with Crippen LogP contribution in [-0.4, -0.2) is 30.3 Å². The van der Waals surface area contributed by atoms with E-state index in [4.69, 9.17) is 10.1 Å². The standard InChI is InChI=1S/C21H24N2OS/c1-4-21(2)12-14(13-22)20-16-7-5-6-15-18(25-11-10-24-3)9-8-17(19(15)16)23(20)21/h5-9,13,22H,4,10-12H2,1-3H3. The number of aromatic nitrogens is 1. The summed E-state index contributed by atoms with van der Waals surface area (Å²) >= 11 is 1.86. The van der Waals surface area contributed by atoms with Crippen LogP contribution in [-0.2, 0) is 10.3 Å². The molecular weight excluding hydrogens is 328 g/mol. The van der Waals surface area contributed by atoms with Crippen molar-refractivity contribution < 1.29 is 4.74 Å². The van der Waals surface area contributed by atoms with Gasteiger partial charge in [-0.1, -0.05) is 25.1 Å². The van der Waals surface area contributed by atoms with Gasteiger partial charge in [-0.25, -0.2) is 0 Å². The second-order valence-electron chi connectivity index (χ2n) is 7.03. The summed E-state index contributed by atoms with van der Waals surface area (Å²) in [4.78, 5) is 1.31. The van der Waals surface area contributed by atoms with Gasteiger partial charge in [0.05, 0.1) is 17.5 Å². The zero-order valence-electron chi connectivity index (χ0n) is 15.1. The van der Waals surface area contributed by atoms with E-state index in [1.54, 1.807) is 13.3 Å². The first-order chi connectivity index (χ1) is 12.1. The molecule has 1 aromatic heterocycles. The normalized spacial score (nSPS) is 19.9. The van der Waals surface area contributed by atoms with Crippen LogP contribution in [0.3, 0.4) is 0 Å². The highest BCUT2D eigenvalue weighted by atomic mass is 32.2. The average Bonchev–Trinajstić information content (AvgIpc) is 3.13. The number of ether oxygens (including phenoxy) is 1. The molecule has 0 saturated carbocycles. The van der Waals surface area contributed by atoms with Gasteiger partial charge in [-0.15, -0.1) is 11.8 Å². The van der Waals surface area contributed by atoms with Gasteiger partial charge in [-0.3, -0.25) is 0 Å². The molecule has 1 N–H and O–H groups in total. The molecule has 0 amide bonds. The van der Waals surface area contributed by atoms with E-state index >= 15 is 0 Å². The van der Waals surface area contributed by atoms with E-state index in [0.717, 1.165) is 30.8 Å². The van der Waals surface area contributed by atoms with Crippen molar-refractivity contribution >= 4 is 45.2 Å². The number of methoxy groups -OCH3 is 1. The fourth-order valence-electron chi connectivity index (χ4n) is 4.20. The van der Waals surface area contributed by atoms with E-state index in [1.165, 1.54) is 31.9 Å². The minimum absolute atomic E-state index is 0.0544. The van der Waals surface area contributed by atoms with Gasteiger partial charge in [0.25, 0.3) is 0 Å². The molecule has 130 valence electrons. The number of hydrogen-bond donors (Lipinski definition) is 1. The Morgan fingerprint density at radius 1 is 1.28 bits per heavy atom. The molecule has 4 heteroatoms. The second-order valence-corrected chi connectivity index (χ2v) is 8.17. The van der Waals surface area contributed by atoms with Crippen LogP contribution in [0.2, 0.25) is 0 Å². The fraction of sp³-hybridized carbons (Fsp3) is 0.381. The first kappa shape index (κ1) is 16.7. The Morgan fingerprint density at radius 3 is 2.80 bits per heavy atom. The molecule has 2 heterocycles. The molecular formula is C21H24N2OS. The lowest BCUT2D eigenvalue weighted by atomic mass is 9.92. The lowest BCUT2D eigenvalue weighted by molar-refractivity contribution is 0.218. The summed E-state index contributed by atoms with van der Waals surface area (Å²) < 4.78 is 7.70. The smallest absolute Gasteiger partial charge is 0.0556 e. The molecule has 0 radical (unpaired) electrons. The first-order valence-corrected chi connectivity index (χ1v) is 9.85. The maximum atomic E-state index is 7.93. The van der Waals surface area contributed by atoms with E-state index in [2.05, 4.69) is 48.7 Å². The number of nitrogens with zero attached hydrogens (tertiary/aromatic N) is 1. The average molecular weight is 353 g/mol. The van der Waals surface area contributed by atoms with Crippen molar-refractivity contribution in [3.63, 3.8) is 0 Å². The summed E-state index contributed by atoms with van der Waals surface area (Å²) in [5.74, 6) is 0.958. The molecule has 3 aromatic rings. The third-order valence-corrected chi connectivity index (χ3v) is 6.63. The third kappa shape index (κ3) is 2.35. The zero-order valence-corrected chi connectivity index (χ0v) is 15.9. The van der Waals surface area contributed by atoms with Crippen LogP contribution in [0, 0.1) is 5.41 Å². The predicted octanol–water partition coefficient (Wildman–Crippen LogP) is 4.58. The van der Waals surface area contributed by atoms with Crippen molar-refractivity contribution in [2.75, 3.05) is 19.5 Å². The van der Waals surface area contributed by atoms with Gasteiger partial charge >= 0.3 is 0 Å². The van der Waals surface area contributed by atoms with Crippen molar-refractivity contribution in [2.45, 2.75) is 37.1 Å². The van der Waals surface area contributed by atoms with E-state index in [0.29, 0.717) is 0 Å². The van der Waals surface area contributed by atoms with Gasteiger partial charge in [0.1, 0.15) is 0 Å². The Hall–Kier alpha value is -1.78. The van der Waals surface area contributed by atoms with E-state index in [-0.39, 0.29) is 5.54 Å². The van der Waals surface area contributed by atoms with E-state index < -0.39 is 0 Å². The Labute approximate surface area is 152 Å². The van der Waals surface area contributed by atoms with E-state index in [9.17, 15) is 0 Å². The van der Waals surface area contributed by atoms with Gasteiger partial charge in [-0.05, 0) is 42.9 Å². The molecule has 0 bridgehead atoms. The zero-order chi connectivity index (χ0) is 17.6. The summed E-state index contributed by atoms with van der Waals surface area (Å²) in [5, 5.41) is 13.1. The molecule has 0 fully saturated rings. The van der Waals surface area contributed by atoms with Crippen molar-refractivity contribution in [3.05, 3.63) is 35.7 Å². The SMILES string of the molecule is CCC1(C)CC(C=N)=c2c3cccc4c(SCCOC)ccc(c43)n21. The Bertz CT molecular complexity index is 1020. The third-order valence-electron chi connectivity index (χ3n) is 5.59. The van der Waals surface area contributed by atoms with Crippen LogP contribution >= 0.6 is 11.8 Å². The van der Waals surface area contributed by atoms with Crippen LogP contribution in [0.4, 0.5) is 0 Å². The highest BCUT2D eigenvalue weighted by molar-refractivity contribution is 7.99. The first-order valence-electron chi connectivity index (χ1n) is 8.86. The molecule has 0 spiro atoms. The molecule has 4 rings (SSSR count). The molecule has 3 nitrogen and oxygen atoms in total. The molecule has 2 aromatic carbocycles. The summed E-state index contributed by atoms with van der Waals surface area (Å²) in [7, 11) is 1.75. The minimum Gasteiger partial charge on any atom is -0.384 e. The number of thioether (sulfide) groups is 1. The summed E-state index contributed by atoms with van der Waals surface area (Å²) in [6, 6.07) is 11.1. The van der Waals surface area contributed by atoms with Gasteiger partial charge < -0.3 is 14.7 Å². The second kappa shape index (κ2) is 6.19. The maximum Gasteiger partial charge on any atom is 0.0556 e. The van der Waals surface area contributed by atoms with Gasteiger partial charge in [0.15, 0.2) is 0 Å². The minimum atomic E-state index is 0.0544. The largest absolute Gasteiger partial charge is 0.384 e.